The lowest BCUT2D eigenvalue weighted by Crippen LogP contribution is -2.16. The highest BCUT2D eigenvalue weighted by Crippen LogP contribution is 2.03. The lowest BCUT2D eigenvalue weighted by Gasteiger charge is -2.04. The molecule has 1 N–H and O–H groups in total. The molecule has 0 heterocycles. The molecule has 0 aromatic carbocycles. The fourth-order valence-electron chi connectivity index (χ4n) is 0.813. The Balaban J connectivity index is 3.20. The van der Waals surface area contributed by atoms with Gasteiger partial charge in [-0.05, 0) is 25.9 Å². The van der Waals surface area contributed by atoms with Gasteiger partial charge in [0, 0.05) is 5.92 Å². The topological polar surface area (TPSA) is 35.8 Å². The zero-order valence-electron chi connectivity index (χ0n) is 6.85. The molecule has 0 saturated carbocycles. The van der Waals surface area contributed by atoms with Crippen LogP contribution < -0.4 is 5.32 Å². The van der Waals surface area contributed by atoms with Crippen LogP contribution in [0, 0.1) is 17.2 Å². The molecule has 2 nitrogen and oxygen atoms in total. The Morgan fingerprint density at radius 2 is 2.20 bits per heavy atom. The summed E-state index contributed by atoms with van der Waals surface area (Å²) < 4.78 is 0. The van der Waals surface area contributed by atoms with Gasteiger partial charge in [-0.15, -0.1) is 0 Å². The van der Waals surface area contributed by atoms with Crippen LogP contribution in [0.25, 0.3) is 0 Å². The Hall–Kier alpha value is -0.550. The standard InChI is InChI=1S/C8H16N2/c1-3-8(7-9)5-6-10-4-2/h8,10H,3-6H2,1-2H3. The molecule has 0 aliphatic rings. The van der Waals surface area contributed by atoms with Gasteiger partial charge in [-0.1, -0.05) is 13.8 Å². The van der Waals surface area contributed by atoms with Crippen LogP contribution in [0.3, 0.4) is 0 Å². The van der Waals surface area contributed by atoms with Crippen LogP contribution >= 0.6 is 0 Å². The van der Waals surface area contributed by atoms with E-state index in [1.165, 1.54) is 0 Å². The molecule has 1 unspecified atom stereocenters. The Morgan fingerprint density at radius 1 is 1.50 bits per heavy atom. The maximum absolute atomic E-state index is 8.55. The molecule has 0 saturated heterocycles. The van der Waals surface area contributed by atoms with Crippen molar-refractivity contribution >= 4 is 0 Å². The van der Waals surface area contributed by atoms with Crippen molar-refractivity contribution in [3.63, 3.8) is 0 Å². The highest BCUT2D eigenvalue weighted by molar-refractivity contribution is 4.81. The molecule has 0 fully saturated rings. The Kier molecular flexibility index (Phi) is 6.21. The molecule has 0 aromatic heterocycles. The fraction of sp³-hybridized carbons (Fsp3) is 0.875. The summed E-state index contributed by atoms with van der Waals surface area (Å²) >= 11 is 0. The third-order valence-corrected chi connectivity index (χ3v) is 1.59. The van der Waals surface area contributed by atoms with Crippen LogP contribution in [0.15, 0.2) is 0 Å². The molecule has 0 radical (unpaired) electrons. The zero-order valence-corrected chi connectivity index (χ0v) is 6.85. The Morgan fingerprint density at radius 3 is 2.60 bits per heavy atom. The van der Waals surface area contributed by atoms with Crippen molar-refractivity contribution in [2.24, 2.45) is 5.92 Å². The number of nitrogens with zero attached hydrogens (tertiary/aromatic N) is 1. The largest absolute Gasteiger partial charge is 0.317 e. The number of hydrogen-bond acceptors (Lipinski definition) is 2. The minimum absolute atomic E-state index is 0.249. The summed E-state index contributed by atoms with van der Waals surface area (Å²) in [6.07, 6.45) is 1.96. The van der Waals surface area contributed by atoms with Gasteiger partial charge in [0.05, 0.1) is 6.07 Å². The zero-order chi connectivity index (χ0) is 7.82. The summed E-state index contributed by atoms with van der Waals surface area (Å²) in [5, 5.41) is 11.7. The number of rotatable bonds is 5. The number of nitriles is 1. The Bertz CT molecular complexity index is 104. The molecule has 0 aromatic rings. The second-order valence-corrected chi connectivity index (χ2v) is 2.38. The van der Waals surface area contributed by atoms with Crippen LogP contribution in [-0.4, -0.2) is 13.1 Å². The average molecular weight is 140 g/mol. The SMILES string of the molecule is CCNCCC(C#N)CC. The molecule has 58 valence electrons. The van der Waals surface area contributed by atoms with Gasteiger partial charge in [0.15, 0.2) is 0 Å². The van der Waals surface area contributed by atoms with Crippen molar-refractivity contribution in [1.29, 1.82) is 5.26 Å². The number of hydrogen-bond donors (Lipinski definition) is 1. The molecule has 10 heavy (non-hydrogen) atoms. The van der Waals surface area contributed by atoms with E-state index in [2.05, 4.69) is 25.2 Å². The van der Waals surface area contributed by atoms with E-state index in [0.717, 1.165) is 25.9 Å². The minimum Gasteiger partial charge on any atom is -0.317 e. The van der Waals surface area contributed by atoms with Crippen molar-refractivity contribution in [2.75, 3.05) is 13.1 Å². The van der Waals surface area contributed by atoms with Gasteiger partial charge < -0.3 is 5.32 Å². The smallest absolute Gasteiger partial charge is 0.0656 e. The molecule has 2 heteroatoms. The van der Waals surface area contributed by atoms with Crippen molar-refractivity contribution < 1.29 is 0 Å². The van der Waals surface area contributed by atoms with Crippen molar-refractivity contribution in [2.45, 2.75) is 26.7 Å². The third kappa shape index (κ3) is 4.34. The van der Waals surface area contributed by atoms with E-state index >= 15 is 0 Å². The summed E-state index contributed by atoms with van der Waals surface area (Å²) in [7, 11) is 0. The maximum atomic E-state index is 8.55. The van der Waals surface area contributed by atoms with Gasteiger partial charge in [0.25, 0.3) is 0 Å². The van der Waals surface area contributed by atoms with Crippen LogP contribution in [0.2, 0.25) is 0 Å². The lowest BCUT2D eigenvalue weighted by molar-refractivity contribution is 0.547. The molecule has 0 aliphatic carbocycles. The van der Waals surface area contributed by atoms with Gasteiger partial charge in [0.1, 0.15) is 0 Å². The summed E-state index contributed by atoms with van der Waals surface area (Å²) in [5.74, 6) is 0.249. The summed E-state index contributed by atoms with van der Waals surface area (Å²) in [4.78, 5) is 0. The summed E-state index contributed by atoms with van der Waals surface area (Å²) in [5.41, 5.74) is 0. The molecule has 0 amide bonds. The van der Waals surface area contributed by atoms with E-state index in [-0.39, 0.29) is 5.92 Å². The first-order chi connectivity index (χ1) is 4.85. The highest BCUT2D eigenvalue weighted by Gasteiger charge is 2.01. The van der Waals surface area contributed by atoms with E-state index in [4.69, 9.17) is 5.26 Å². The van der Waals surface area contributed by atoms with Crippen molar-refractivity contribution in [1.82, 2.24) is 5.32 Å². The molecular formula is C8H16N2. The van der Waals surface area contributed by atoms with Gasteiger partial charge in [-0.25, -0.2) is 0 Å². The average Bonchev–Trinajstić information content (AvgIpc) is 1.99. The van der Waals surface area contributed by atoms with E-state index in [1.54, 1.807) is 0 Å². The molecule has 0 bridgehead atoms. The lowest BCUT2D eigenvalue weighted by atomic mass is 10.1. The first kappa shape index (κ1) is 9.45. The van der Waals surface area contributed by atoms with Crippen LogP contribution in [0.4, 0.5) is 0 Å². The molecule has 0 aliphatic heterocycles. The minimum atomic E-state index is 0.249. The summed E-state index contributed by atoms with van der Waals surface area (Å²) in [6, 6.07) is 2.27. The maximum Gasteiger partial charge on any atom is 0.0656 e. The second-order valence-electron chi connectivity index (χ2n) is 2.38. The van der Waals surface area contributed by atoms with Crippen LogP contribution in [0.5, 0.6) is 0 Å². The molecule has 0 rings (SSSR count). The van der Waals surface area contributed by atoms with Crippen LogP contribution in [0.1, 0.15) is 26.7 Å². The first-order valence-corrected chi connectivity index (χ1v) is 3.95. The van der Waals surface area contributed by atoms with Gasteiger partial charge in [-0.2, -0.15) is 5.26 Å². The monoisotopic (exact) mass is 140 g/mol. The molecule has 1 atom stereocenters. The predicted octanol–water partition coefficient (Wildman–Crippen LogP) is 1.54. The van der Waals surface area contributed by atoms with E-state index < -0.39 is 0 Å². The molecule has 0 spiro atoms. The normalized spacial score (nSPS) is 12.5. The first-order valence-electron chi connectivity index (χ1n) is 3.95. The van der Waals surface area contributed by atoms with Gasteiger partial charge in [0.2, 0.25) is 0 Å². The summed E-state index contributed by atoms with van der Waals surface area (Å²) in [6.45, 7) is 6.11. The predicted molar refractivity (Wildman–Crippen MR) is 42.6 cm³/mol. The quantitative estimate of drug-likeness (QED) is 0.588. The van der Waals surface area contributed by atoms with E-state index in [1.807, 2.05) is 0 Å². The van der Waals surface area contributed by atoms with Crippen molar-refractivity contribution in [3.05, 3.63) is 0 Å². The van der Waals surface area contributed by atoms with Crippen molar-refractivity contribution in [3.8, 4) is 6.07 Å². The van der Waals surface area contributed by atoms with E-state index in [0.29, 0.717) is 0 Å². The van der Waals surface area contributed by atoms with Crippen LogP contribution in [-0.2, 0) is 0 Å². The van der Waals surface area contributed by atoms with E-state index in [9.17, 15) is 0 Å². The highest BCUT2D eigenvalue weighted by atomic mass is 14.8. The van der Waals surface area contributed by atoms with Gasteiger partial charge >= 0.3 is 0 Å². The third-order valence-electron chi connectivity index (χ3n) is 1.59. The second kappa shape index (κ2) is 6.57. The van der Waals surface area contributed by atoms with Gasteiger partial charge in [-0.3, -0.25) is 0 Å². The molecular weight excluding hydrogens is 124 g/mol. The fourth-order valence-corrected chi connectivity index (χ4v) is 0.813. The number of nitrogens with one attached hydrogen (secondary N) is 1. The Labute approximate surface area is 63.2 Å².